The smallest absolute Gasteiger partial charge is 0.249 e. The van der Waals surface area contributed by atoms with E-state index in [1.807, 2.05) is 12.1 Å². The number of rotatable bonds is 5. The van der Waals surface area contributed by atoms with Crippen LogP contribution in [0.25, 0.3) is 0 Å². The lowest BCUT2D eigenvalue weighted by Crippen LogP contribution is -2.38. The molecule has 0 bridgehead atoms. The molecule has 6 heteroatoms. The number of nitrogens with one attached hydrogen (secondary N) is 1. The highest BCUT2D eigenvalue weighted by atomic mass is 35.5. The Morgan fingerprint density at radius 1 is 1.38 bits per heavy atom. The molecule has 2 heterocycles. The molecular weight excluding hydrogens is 330 g/mol. The number of fused-ring (bicyclic) bond motifs is 1. The summed E-state index contributed by atoms with van der Waals surface area (Å²) in [5.74, 6) is 0.556. The summed E-state index contributed by atoms with van der Waals surface area (Å²) in [6.07, 6.45) is 3.35. The second-order valence-corrected chi connectivity index (χ2v) is 6.73. The van der Waals surface area contributed by atoms with Crippen molar-refractivity contribution in [1.29, 1.82) is 0 Å². The molecule has 0 aliphatic carbocycles. The third-order valence-electron chi connectivity index (χ3n) is 4.50. The maximum atomic E-state index is 12.5. The van der Waals surface area contributed by atoms with Crippen LogP contribution in [0.5, 0.6) is 5.75 Å². The summed E-state index contributed by atoms with van der Waals surface area (Å²) < 4.78 is 16.9. The molecule has 2 aliphatic rings. The number of hydrogen-bond acceptors (Lipinski definition) is 4. The zero-order valence-corrected chi connectivity index (χ0v) is 14.7. The van der Waals surface area contributed by atoms with Gasteiger partial charge in [0.15, 0.2) is 0 Å². The lowest BCUT2D eigenvalue weighted by molar-refractivity contribution is -0.134. The van der Waals surface area contributed by atoms with Gasteiger partial charge >= 0.3 is 0 Å². The molecule has 1 fully saturated rings. The predicted molar refractivity (Wildman–Crippen MR) is 91.5 cm³/mol. The number of benzene rings is 1. The monoisotopic (exact) mass is 353 g/mol. The van der Waals surface area contributed by atoms with Crippen LogP contribution in [0.3, 0.4) is 0 Å². The standard InChI is InChI=1S/C18H24ClNO4/c1-12(24-11-13-5-3-9-22-13)18(21)20-16-8-4-10-23-17-14(16)6-2-7-15(17)19/h2,6-7,12-13,16H,3-5,8-11H2,1H3,(H,20,21). The zero-order valence-electron chi connectivity index (χ0n) is 13.9. The molecule has 0 saturated carbocycles. The molecule has 2 aliphatic heterocycles. The Balaban J connectivity index is 1.60. The third kappa shape index (κ3) is 4.21. The Labute approximate surface area is 147 Å². The highest BCUT2D eigenvalue weighted by Gasteiger charge is 2.26. The van der Waals surface area contributed by atoms with E-state index in [-0.39, 0.29) is 18.1 Å². The Bertz CT molecular complexity index is 574. The van der Waals surface area contributed by atoms with E-state index >= 15 is 0 Å². The molecular formula is C18H24ClNO4. The summed E-state index contributed by atoms with van der Waals surface area (Å²) in [7, 11) is 0. The Hall–Kier alpha value is -1.30. The van der Waals surface area contributed by atoms with Crippen molar-refractivity contribution in [2.45, 2.75) is 50.9 Å². The van der Waals surface area contributed by atoms with Gasteiger partial charge in [-0.05, 0) is 38.7 Å². The number of carbonyl (C=O) groups is 1. The third-order valence-corrected chi connectivity index (χ3v) is 4.80. The van der Waals surface area contributed by atoms with E-state index in [1.165, 1.54) is 0 Å². The molecule has 1 saturated heterocycles. The zero-order chi connectivity index (χ0) is 16.9. The lowest BCUT2D eigenvalue weighted by atomic mass is 10.0. The first-order valence-corrected chi connectivity index (χ1v) is 8.97. The minimum absolute atomic E-state index is 0.109. The van der Waals surface area contributed by atoms with Crippen molar-refractivity contribution in [2.24, 2.45) is 0 Å². The van der Waals surface area contributed by atoms with E-state index in [4.69, 9.17) is 25.8 Å². The van der Waals surface area contributed by atoms with Crippen LogP contribution in [0.2, 0.25) is 5.02 Å². The fraction of sp³-hybridized carbons (Fsp3) is 0.611. The van der Waals surface area contributed by atoms with Gasteiger partial charge in [0.25, 0.3) is 0 Å². The fourth-order valence-electron chi connectivity index (χ4n) is 3.11. The maximum absolute atomic E-state index is 12.5. The molecule has 24 heavy (non-hydrogen) atoms. The van der Waals surface area contributed by atoms with Crippen molar-refractivity contribution in [3.05, 3.63) is 28.8 Å². The summed E-state index contributed by atoms with van der Waals surface area (Å²) in [4.78, 5) is 12.5. The van der Waals surface area contributed by atoms with Crippen LogP contribution < -0.4 is 10.1 Å². The van der Waals surface area contributed by atoms with Gasteiger partial charge in [-0.25, -0.2) is 0 Å². The van der Waals surface area contributed by atoms with Gasteiger partial charge in [0.1, 0.15) is 11.9 Å². The average Bonchev–Trinajstić information content (AvgIpc) is 3.01. The molecule has 3 rings (SSSR count). The van der Waals surface area contributed by atoms with Crippen LogP contribution >= 0.6 is 11.6 Å². The highest BCUT2D eigenvalue weighted by Crippen LogP contribution is 2.36. The molecule has 1 amide bonds. The summed E-state index contributed by atoms with van der Waals surface area (Å²) >= 11 is 6.23. The van der Waals surface area contributed by atoms with Crippen LogP contribution in [0.4, 0.5) is 0 Å². The van der Waals surface area contributed by atoms with E-state index < -0.39 is 6.10 Å². The average molecular weight is 354 g/mol. The topological polar surface area (TPSA) is 56.8 Å². The molecule has 1 aromatic rings. The van der Waals surface area contributed by atoms with Gasteiger partial charge in [0.2, 0.25) is 5.91 Å². The summed E-state index contributed by atoms with van der Waals surface area (Å²) in [5.41, 5.74) is 0.930. The van der Waals surface area contributed by atoms with Gasteiger partial charge in [-0.2, -0.15) is 0 Å². The van der Waals surface area contributed by atoms with Gasteiger partial charge in [-0.3, -0.25) is 4.79 Å². The molecule has 3 atom stereocenters. The largest absolute Gasteiger partial charge is 0.492 e. The summed E-state index contributed by atoms with van der Waals surface area (Å²) in [5, 5.41) is 3.65. The number of amides is 1. The SMILES string of the molecule is CC(OCC1CCCO1)C(=O)NC1CCCOc2c(Cl)cccc21. The van der Waals surface area contributed by atoms with Crippen molar-refractivity contribution < 1.29 is 19.0 Å². The minimum atomic E-state index is -0.513. The number of carbonyl (C=O) groups excluding carboxylic acids is 1. The minimum Gasteiger partial charge on any atom is -0.492 e. The summed E-state index contributed by atoms with van der Waals surface area (Å²) in [6, 6.07) is 5.53. The Morgan fingerprint density at radius 2 is 2.21 bits per heavy atom. The first kappa shape index (κ1) is 17.5. The Morgan fingerprint density at radius 3 is 3.00 bits per heavy atom. The second-order valence-electron chi connectivity index (χ2n) is 6.32. The number of halogens is 1. The van der Waals surface area contributed by atoms with Crippen molar-refractivity contribution in [3.8, 4) is 5.75 Å². The van der Waals surface area contributed by atoms with Crippen molar-refractivity contribution in [2.75, 3.05) is 19.8 Å². The van der Waals surface area contributed by atoms with E-state index in [0.29, 0.717) is 24.0 Å². The van der Waals surface area contributed by atoms with Gasteiger partial charge in [-0.15, -0.1) is 0 Å². The fourth-order valence-corrected chi connectivity index (χ4v) is 3.35. The van der Waals surface area contributed by atoms with Crippen molar-refractivity contribution in [1.82, 2.24) is 5.32 Å². The molecule has 5 nitrogen and oxygen atoms in total. The lowest BCUT2D eigenvalue weighted by Gasteiger charge is -2.22. The van der Waals surface area contributed by atoms with Crippen LogP contribution in [0, 0.1) is 0 Å². The molecule has 3 unspecified atom stereocenters. The molecule has 132 valence electrons. The first-order chi connectivity index (χ1) is 11.6. The Kier molecular flexibility index (Phi) is 5.98. The van der Waals surface area contributed by atoms with Crippen molar-refractivity contribution >= 4 is 17.5 Å². The van der Waals surface area contributed by atoms with E-state index in [2.05, 4.69) is 5.32 Å². The van der Waals surface area contributed by atoms with Crippen LogP contribution in [0.15, 0.2) is 18.2 Å². The van der Waals surface area contributed by atoms with Gasteiger partial charge in [-0.1, -0.05) is 23.7 Å². The predicted octanol–water partition coefficient (Wildman–Crippen LogP) is 3.25. The normalized spacial score (nSPS) is 24.6. The highest BCUT2D eigenvalue weighted by molar-refractivity contribution is 6.32. The molecule has 1 aromatic carbocycles. The maximum Gasteiger partial charge on any atom is 0.249 e. The van der Waals surface area contributed by atoms with Crippen molar-refractivity contribution in [3.63, 3.8) is 0 Å². The number of para-hydroxylation sites is 1. The van der Waals surface area contributed by atoms with Gasteiger partial charge in [0, 0.05) is 12.2 Å². The quantitative estimate of drug-likeness (QED) is 0.882. The van der Waals surface area contributed by atoms with Crippen LogP contribution in [0.1, 0.15) is 44.2 Å². The molecule has 0 aromatic heterocycles. The number of ether oxygens (including phenoxy) is 3. The van der Waals surface area contributed by atoms with Crippen LogP contribution in [-0.2, 0) is 14.3 Å². The van der Waals surface area contributed by atoms with Gasteiger partial charge < -0.3 is 19.5 Å². The van der Waals surface area contributed by atoms with E-state index in [0.717, 1.165) is 37.9 Å². The van der Waals surface area contributed by atoms with E-state index in [9.17, 15) is 4.79 Å². The molecule has 0 radical (unpaired) electrons. The van der Waals surface area contributed by atoms with Gasteiger partial charge in [0.05, 0.1) is 30.4 Å². The number of hydrogen-bond donors (Lipinski definition) is 1. The second kappa shape index (κ2) is 8.19. The van der Waals surface area contributed by atoms with E-state index in [1.54, 1.807) is 13.0 Å². The summed E-state index contributed by atoms with van der Waals surface area (Å²) in [6.45, 7) is 3.63. The first-order valence-electron chi connectivity index (χ1n) is 8.60. The van der Waals surface area contributed by atoms with Crippen LogP contribution in [-0.4, -0.2) is 37.9 Å². The molecule has 1 N–H and O–H groups in total. The molecule has 0 spiro atoms.